The number of benzene rings is 1. The highest BCUT2D eigenvalue weighted by molar-refractivity contribution is 5.80. The molecular weight excluding hydrogens is 310 g/mol. The van der Waals surface area contributed by atoms with Gasteiger partial charge in [0.2, 0.25) is 0 Å². The largest absolute Gasteiger partial charge is 0.370 e. The first-order valence-corrected chi connectivity index (χ1v) is 9.61. The molecule has 2 N–H and O–H groups in total. The fourth-order valence-corrected chi connectivity index (χ4v) is 3.30. The summed E-state index contributed by atoms with van der Waals surface area (Å²) in [6.45, 7) is 8.95. The van der Waals surface area contributed by atoms with Crippen LogP contribution < -0.4 is 15.5 Å². The minimum Gasteiger partial charge on any atom is -0.370 e. The van der Waals surface area contributed by atoms with Gasteiger partial charge >= 0.3 is 0 Å². The number of anilines is 1. The van der Waals surface area contributed by atoms with Gasteiger partial charge in [-0.1, -0.05) is 25.1 Å². The Balaban J connectivity index is 1.75. The van der Waals surface area contributed by atoms with E-state index in [9.17, 15) is 0 Å². The number of hydrogen-bond donors (Lipinski definition) is 2. The Kier molecular flexibility index (Phi) is 8.06. The van der Waals surface area contributed by atoms with Crippen LogP contribution in [-0.2, 0) is 0 Å². The van der Waals surface area contributed by atoms with Crippen molar-refractivity contribution in [1.29, 1.82) is 0 Å². The van der Waals surface area contributed by atoms with E-state index in [2.05, 4.69) is 76.7 Å². The lowest BCUT2D eigenvalue weighted by atomic mass is 10.1. The molecule has 0 spiro atoms. The topological polar surface area (TPSA) is 42.9 Å². The first-order chi connectivity index (χ1) is 12.1. The van der Waals surface area contributed by atoms with E-state index in [0.29, 0.717) is 12.1 Å². The third-order valence-electron chi connectivity index (χ3n) is 5.08. The standard InChI is InChI=1S/C20H35N5/c1-5-13-25-14-11-18(12-15-25)23-20(21-3)22-16-17(2)24(4)19-9-7-6-8-10-19/h6-10,17-18H,5,11-16H2,1-4H3,(H2,21,22,23). The van der Waals surface area contributed by atoms with Crippen LogP contribution >= 0.6 is 0 Å². The van der Waals surface area contributed by atoms with Crippen LogP contribution in [0.25, 0.3) is 0 Å². The molecule has 5 heteroatoms. The second-order valence-electron chi connectivity index (χ2n) is 7.01. The van der Waals surface area contributed by atoms with Crippen molar-refractivity contribution >= 4 is 11.6 Å². The number of para-hydroxylation sites is 1. The summed E-state index contributed by atoms with van der Waals surface area (Å²) in [6, 6.07) is 11.4. The molecule has 1 unspecified atom stereocenters. The maximum absolute atomic E-state index is 4.40. The van der Waals surface area contributed by atoms with Crippen LogP contribution in [0.2, 0.25) is 0 Å². The third kappa shape index (κ3) is 6.24. The Morgan fingerprint density at radius 3 is 2.56 bits per heavy atom. The maximum atomic E-state index is 4.40. The molecule has 1 aliphatic heterocycles. The predicted molar refractivity (Wildman–Crippen MR) is 109 cm³/mol. The van der Waals surface area contributed by atoms with Crippen molar-refractivity contribution in [3.05, 3.63) is 30.3 Å². The van der Waals surface area contributed by atoms with Crippen LogP contribution in [0.4, 0.5) is 5.69 Å². The Labute approximate surface area is 153 Å². The van der Waals surface area contributed by atoms with E-state index in [1.807, 2.05) is 7.05 Å². The molecule has 1 aromatic rings. The Bertz CT molecular complexity index is 508. The number of nitrogens with zero attached hydrogens (tertiary/aromatic N) is 3. The molecule has 0 aromatic heterocycles. The Morgan fingerprint density at radius 1 is 1.28 bits per heavy atom. The SMILES string of the molecule is CCCN1CCC(NC(=NC)NCC(C)N(C)c2ccccc2)CC1. The molecule has 0 saturated carbocycles. The zero-order chi connectivity index (χ0) is 18.1. The monoisotopic (exact) mass is 345 g/mol. The van der Waals surface area contributed by atoms with Gasteiger partial charge in [0.05, 0.1) is 0 Å². The highest BCUT2D eigenvalue weighted by Gasteiger charge is 2.19. The number of likely N-dealkylation sites (N-methyl/N-ethyl adjacent to an activating group) is 1. The summed E-state index contributed by atoms with van der Waals surface area (Å²) in [6.07, 6.45) is 3.63. The zero-order valence-electron chi connectivity index (χ0n) is 16.3. The highest BCUT2D eigenvalue weighted by atomic mass is 15.2. The molecule has 1 fully saturated rings. The van der Waals surface area contributed by atoms with Gasteiger partial charge in [-0.15, -0.1) is 0 Å². The number of likely N-dealkylation sites (tertiary alicyclic amines) is 1. The molecule has 0 amide bonds. The molecule has 0 radical (unpaired) electrons. The van der Waals surface area contributed by atoms with E-state index in [4.69, 9.17) is 0 Å². The summed E-state index contributed by atoms with van der Waals surface area (Å²) in [4.78, 5) is 9.26. The minimum atomic E-state index is 0.382. The van der Waals surface area contributed by atoms with Gasteiger partial charge in [0, 0.05) is 51.5 Å². The van der Waals surface area contributed by atoms with Crippen molar-refractivity contribution in [2.45, 2.75) is 45.2 Å². The van der Waals surface area contributed by atoms with Gasteiger partial charge in [0.1, 0.15) is 0 Å². The summed E-state index contributed by atoms with van der Waals surface area (Å²) in [5.74, 6) is 0.919. The van der Waals surface area contributed by atoms with Crippen molar-refractivity contribution in [3.8, 4) is 0 Å². The predicted octanol–water partition coefficient (Wildman–Crippen LogP) is 2.55. The number of hydrogen-bond acceptors (Lipinski definition) is 3. The van der Waals surface area contributed by atoms with Crippen LogP contribution in [0.15, 0.2) is 35.3 Å². The molecule has 140 valence electrons. The number of guanidine groups is 1. The first kappa shape index (κ1) is 19.6. The number of nitrogens with one attached hydrogen (secondary N) is 2. The number of rotatable bonds is 7. The van der Waals surface area contributed by atoms with Crippen LogP contribution in [0, 0.1) is 0 Å². The molecule has 1 aliphatic rings. The average molecular weight is 346 g/mol. The molecule has 1 heterocycles. The second kappa shape index (κ2) is 10.3. The van der Waals surface area contributed by atoms with E-state index in [0.717, 1.165) is 12.5 Å². The molecule has 2 rings (SSSR count). The quantitative estimate of drug-likeness (QED) is 0.589. The van der Waals surface area contributed by atoms with Crippen LogP contribution in [0.5, 0.6) is 0 Å². The highest BCUT2D eigenvalue weighted by Crippen LogP contribution is 2.14. The molecule has 0 bridgehead atoms. The second-order valence-corrected chi connectivity index (χ2v) is 7.01. The van der Waals surface area contributed by atoms with E-state index >= 15 is 0 Å². The van der Waals surface area contributed by atoms with Gasteiger partial charge < -0.3 is 20.4 Å². The van der Waals surface area contributed by atoms with Gasteiger partial charge in [-0.3, -0.25) is 4.99 Å². The smallest absolute Gasteiger partial charge is 0.191 e. The van der Waals surface area contributed by atoms with Crippen LogP contribution in [-0.4, -0.2) is 63.2 Å². The van der Waals surface area contributed by atoms with E-state index in [-0.39, 0.29) is 0 Å². The van der Waals surface area contributed by atoms with Crippen molar-refractivity contribution in [3.63, 3.8) is 0 Å². The van der Waals surface area contributed by atoms with Gasteiger partial charge in [0.25, 0.3) is 0 Å². The molecule has 5 nitrogen and oxygen atoms in total. The van der Waals surface area contributed by atoms with E-state index < -0.39 is 0 Å². The molecule has 0 aliphatic carbocycles. The first-order valence-electron chi connectivity index (χ1n) is 9.61. The van der Waals surface area contributed by atoms with Gasteiger partial charge in [-0.2, -0.15) is 0 Å². The summed E-state index contributed by atoms with van der Waals surface area (Å²) in [7, 11) is 3.99. The van der Waals surface area contributed by atoms with E-state index in [1.165, 1.54) is 44.6 Å². The van der Waals surface area contributed by atoms with E-state index in [1.54, 1.807) is 0 Å². The molecule has 25 heavy (non-hydrogen) atoms. The lowest BCUT2D eigenvalue weighted by Gasteiger charge is -2.33. The maximum Gasteiger partial charge on any atom is 0.191 e. The summed E-state index contributed by atoms with van der Waals surface area (Å²) < 4.78 is 0. The lowest BCUT2D eigenvalue weighted by molar-refractivity contribution is 0.206. The van der Waals surface area contributed by atoms with Crippen molar-refractivity contribution < 1.29 is 0 Å². The third-order valence-corrected chi connectivity index (χ3v) is 5.08. The lowest BCUT2D eigenvalue weighted by Crippen LogP contribution is -2.51. The van der Waals surface area contributed by atoms with Gasteiger partial charge in [-0.05, 0) is 44.9 Å². The fraction of sp³-hybridized carbons (Fsp3) is 0.650. The van der Waals surface area contributed by atoms with Crippen LogP contribution in [0.3, 0.4) is 0 Å². The van der Waals surface area contributed by atoms with Crippen molar-refractivity contribution in [2.24, 2.45) is 4.99 Å². The molecule has 1 atom stereocenters. The minimum absolute atomic E-state index is 0.382. The Hall–Kier alpha value is -1.75. The normalized spacial score (nSPS) is 18.0. The summed E-state index contributed by atoms with van der Waals surface area (Å²) in [5.41, 5.74) is 1.24. The zero-order valence-corrected chi connectivity index (χ0v) is 16.3. The number of piperidine rings is 1. The summed E-state index contributed by atoms with van der Waals surface area (Å²) in [5, 5.41) is 7.08. The Morgan fingerprint density at radius 2 is 1.96 bits per heavy atom. The molecule has 1 saturated heterocycles. The molecular formula is C20H35N5. The fourth-order valence-electron chi connectivity index (χ4n) is 3.30. The van der Waals surface area contributed by atoms with Crippen molar-refractivity contribution in [1.82, 2.24) is 15.5 Å². The molecule has 1 aromatic carbocycles. The van der Waals surface area contributed by atoms with Gasteiger partial charge in [-0.25, -0.2) is 0 Å². The van der Waals surface area contributed by atoms with Crippen LogP contribution in [0.1, 0.15) is 33.1 Å². The summed E-state index contributed by atoms with van der Waals surface area (Å²) >= 11 is 0. The average Bonchev–Trinajstić information content (AvgIpc) is 2.66. The number of aliphatic imine (C=N–C) groups is 1. The van der Waals surface area contributed by atoms with Gasteiger partial charge in [0.15, 0.2) is 5.96 Å². The van der Waals surface area contributed by atoms with Crippen molar-refractivity contribution in [2.75, 3.05) is 45.2 Å².